The average molecular weight is 300 g/mol. The first kappa shape index (κ1) is 13.7. The number of amides is 1. The maximum absolute atomic E-state index is 12.6. The Labute approximate surface area is 128 Å². The van der Waals surface area contributed by atoms with Gasteiger partial charge < -0.3 is 10.1 Å². The second-order valence-electron chi connectivity index (χ2n) is 6.27. The molecular weight excluding hydrogens is 280 g/mol. The lowest BCUT2D eigenvalue weighted by Gasteiger charge is -2.46. The van der Waals surface area contributed by atoms with Crippen molar-refractivity contribution in [3.05, 3.63) is 30.0 Å². The molecule has 4 rings (SSSR count). The fraction of sp³-hybridized carbons (Fsp3) is 0.500. The summed E-state index contributed by atoms with van der Waals surface area (Å²) in [5.74, 6) is -0.0917. The van der Waals surface area contributed by atoms with Crippen LogP contribution in [0.25, 0.3) is 10.9 Å². The van der Waals surface area contributed by atoms with Gasteiger partial charge in [0.15, 0.2) is 5.69 Å². The van der Waals surface area contributed by atoms with Gasteiger partial charge in [-0.05, 0) is 26.0 Å². The maximum atomic E-state index is 12.6. The number of carbonyl (C=O) groups is 1. The molecule has 2 aliphatic heterocycles. The lowest BCUT2D eigenvalue weighted by molar-refractivity contribution is -0.0670. The van der Waals surface area contributed by atoms with Gasteiger partial charge in [-0.15, -0.1) is 0 Å². The summed E-state index contributed by atoms with van der Waals surface area (Å²) in [7, 11) is 2.15. The van der Waals surface area contributed by atoms with Gasteiger partial charge in [0.25, 0.3) is 5.91 Å². The summed E-state index contributed by atoms with van der Waals surface area (Å²) in [5.41, 5.74) is 1.37. The molecule has 116 valence electrons. The summed E-state index contributed by atoms with van der Waals surface area (Å²) in [6.45, 7) is 1.51. The average Bonchev–Trinajstić information content (AvgIpc) is 2.92. The van der Waals surface area contributed by atoms with Crippen molar-refractivity contribution in [2.75, 3.05) is 20.3 Å². The third-order valence-electron chi connectivity index (χ3n) is 4.91. The predicted molar refractivity (Wildman–Crippen MR) is 82.7 cm³/mol. The molecule has 1 unspecified atom stereocenters. The number of ether oxygens (including phenoxy) is 1. The van der Waals surface area contributed by atoms with E-state index in [-0.39, 0.29) is 11.9 Å². The zero-order valence-corrected chi connectivity index (χ0v) is 12.6. The number of piperidine rings is 1. The summed E-state index contributed by atoms with van der Waals surface area (Å²) in [6.07, 6.45) is 1.86. The van der Waals surface area contributed by atoms with Crippen LogP contribution in [-0.4, -0.2) is 59.4 Å². The van der Waals surface area contributed by atoms with E-state index in [0.717, 1.165) is 37.0 Å². The quantitative estimate of drug-likeness (QED) is 0.873. The minimum absolute atomic E-state index is 0.0917. The normalized spacial score (nSPS) is 28.7. The molecule has 1 amide bonds. The Morgan fingerprint density at radius 1 is 1.32 bits per heavy atom. The van der Waals surface area contributed by atoms with E-state index in [9.17, 15) is 4.79 Å². The lowest BCUT2D eigenvalue weighted by atomic mass is 9.90. The van der Waals surface area contributed by atoms with E-state index < -0.39 is 0 Å². The third-order valence-corrected chi connectivity index (χ3v) is 4.91. The van der Waals surface area contributed by atoms with Crippen molar-refractivity contribution < 1.29 is 9.53 Å². The van der Waals surface area contributed by atoms with Gasteiger partial charge in [-0.3, -0.25) is 14.8 Å². The molecule has 0 spiro atoms. The minimum atomic E-state index is -0.0917. The molecule has 1 aromatic heterocycles. The largest absolute Gasteiger partial charge is 0.378 e. The van der Waals surface area contributed by atoms with Gasteiger partial charge in [-0.25, -0.2) is 0 Å². The van der Waals surface area contributed by atoms with Crippen LogP contribution in [0.15, 0.2) is 24.3 Å². The number of aromatic amines is 1. The first-order valence-corrected chi connectivity index (χ1v) is 7.76. The van der Waals surface area contributed by atoms with Crippen molar-refractivity contribution in [1.29, 1.82) is 0 Å². The van der Waals surface area contributed by atoms with Crippen molar-refractivity contribution in [2.24, 2.45) is 0 Å². The molecule has 2 bridgehead atoms. The van der Waals surface area contributed by atoms with Crippen LogP contribution >= 0.6 is 0 Å². The van der Waals surface area contributed by atoms with E-state index >= 15 is 0 Å². The highest BCUT2D eigenvalue weighted by atomic mass is 16.5. The summed E-state index contributed by atoms with van der Waals surface area (Å²) >= 11 is 0. The van der Waals surface area contributed by atoms with Crippen LogP contribution in [0.4, 0.5) is 0 Å². The molecule has 0 aliphatic carbocycles. The van der Waals surface area contributed by atoms with E-state index in [1.165, 1.54) is 0 Å². The monoisotopic (exact) mass is 300 g/mol. The molecule has 3 heterocycles. The van der Waals surface area contributed by atoms with Gasteiger partial charge in [0, 0.05) is 23.5 Å². The highest BCUT2D eigenvalue weighted by Gasteiger charge is 2.37. The Hall–Kier alpha value is -1.92. The summed E-state index contributed by atoms with van der Waals surface area (Å²) in [4.78, 5) is 14.9. The van der Waals surface area contributed by atoms with E-state index in [2.05, 4.69) is 27.5 Å². The van der Waals surface area contributed by atoms with Gasteiger partial charge in [0.2, 0.25) is 0 Å². The fourth-order valence-corrected chi connectivity index (χ4v) is 3.60. The van der Waals surface area contributed by atoms with Crippen LogP contribution in [0, 0.1) is 0 Å². The van der Waals surface area contributed by atoms with Crippen molar-refractivity contribution in [1.82, 2.24) is 20.4 Å². The number of hydrogen-bond acceptors (Lipinski definition) is 4. The second-order valence-corrected chi connectivity index (χ2v) is 6.27. The van der Waals surface area contributed by atoms with Crippen LogP contribution in [-0.2, 0) is 4.74 Å². The van der Waals surface area contributed by atoms with Crippen LogP contribution in [0.1, 0.15) is 23.3 Å². The number of carbonyl (C=O) groups excluding carboxylic acids is 1. The van der Waals surface area contributed by atoms with Crippen molar-refractivity contribution in [3.63, 3.8) is 0 Å². The number of rotatable bonds is 2. The maximum Gasteiger partial charge on any atom is 0.272 e. The number of benzene rings is 1. The third kappa shape index (κ3) is 2.28. The first-order valence-electron chi connectivity index (χ1n) is 7.76. The number of likely N-dealkylation sites (N-methyl/N-ethyl adjacent to an activating group) is 1. The Balaban J connectivity index is 1.50. The number of para-hydroxylation sites is 1. The number of hydrogen-bond donors (Lipinski definition) is 2. The van der Waals surface area contributed by atoms with Gasteiger partial charge in [0.1, 0.15) is 0 Å². The van der Waals surface area contributed by atoms with E-state index in [1.807, 2.05) is 24.3 Å². The molecule has 2 N–H and O–H groups in total. The number of nitrogens with zero attached hydrogens (tertiary/aromatic N) is 2. The molecule has 2 saturated heterocycles. The topological polar surface area (TPSA) is 70.2 Å². The highest BCUT2D eigenvalue weighted by Crippen LogP contribution is 2.26. The number of aromatic nitrogens is 2. The highest BCUT2D eigenvalue weighted by molar-refractivity contribution is 6.04. The number of fused-ring (bicyclic) bond motifs is 3. The number of nitrogens with one attached hydrogen (secondary N) is 2. The number of H-pyrrole nitrogens is 1. The van der Waals surface area contributed by atoms with Crippen molar-refractivity contribution in [2.45, 2.75) is 31.0 Å². The smallest absolute Gasteiger partial charge is 0.272 e. The molecule has 6 heteroatoms. The molecule has 2 fully saturated rings. The van der Waals surface area contributed by atoms with E-state index in [4.69, 9.17) is 4.74 Å². The van der Waals surface area contributed by atoms with Gasteiger partial charge >= 0.3 is 0 Å². The Morgan fingerprint density at radius 3 is 2.82 bits per heavy atom. The zero-order chi connectivity index (χ0) is 15.1. The van der Waals surface area contributed by atoms with Gasteiger partial charge in [0.05, 0.1) is 18.7 Å². The Morgan fingerprint density at radius 2 is 2.05 bits per heavy atom. The Bertz CT molecular complexity index is 684. The SMILES string of the molecule is CN1[C@@H]2COC[C@H]1CC(NC(=O)c1n[nH]c3ccccc13)C2. The fourth-order valence-electron chi connectivity index (χ4n) is 3.60. The van der Waals surface area contributed by atoms with E-state index in [0.29, 0.717) is 17.8 Å². The minimum Gasteiger partial charge on any atom is -0.378 e. The van der Waals surface area contributed by atoms with Crippen LogP contribution in [0.2, 0.25) is 0 Å². The summed E-state index contributed by atoms with van der Waals surface area (Å²) in [5, 5.41) is 11.1. The molecule has 0 radical (unpaired) electrons. The lowest BCUT2D eigenvalue weighted by Crippen LogP contribution is -2.59. The van der Waals surface area contributed by atoms with Gasteiger partial charge in [-0.2, -0.15) is 5.10 Å². The Kier molecular flexibility index (Phi) is 3.35. The molecule has 0 saturated carbocycles. The van der Waals surface area contributed by atoms with Crippen molar-refractivity contribution in [3.8, 4) is 0 Å². The molecular formula is C16H20N4O2. The molecule has 2 aliphatic rings. The first-order chi connectivity index (χ1) is 10.7. The summed E-state index contributed by atoms with van der Waals surface area (Å²) < 4.78 is 5.62. The van der Waals surface area contributed by atoms with Crippen LogP contribution in [0.3, 0.4) is 0 Å². The number of morpholine rings is 1. The van der Waals surface area contributed by atoms with Gasteiger partial charge in [-0.1, -0.05) is 18.2 Å². The van der Waals surface area contributed by atoms with E-state index in [1.54, 1.807) is 0 Å². The molecule has 1 aromatic carbocycles. The van der Waals surface area contributed by atoms with Crippen LogP contribution < -0.4 is 5.32 Å². The second kappa shape index (κ2) is 5.37. The predicted octanol–water partition coefficient (Wildman–Crippen LogP) is 1.15. The van der Waals surface area contributed by atoms with Crippen molar-refractivity contribution >= 4 is 16.8 Å². The zero-order valence-electron chi connectivity index (χ0n) is 12.6. The molecule has 22 heavy (non-hydrogen) atoms. The molecule has 3 atom stereocenters. The summed E-state index contributed by atoms with van der Waals surface area (Å²) in [6, 6.07) is 8.69. The molecule has 6 nitrogen and oxygen atoms in total. The van der Waals surface area contributed by atoms with Crippen LogP contribution in [0.5, 0.6) is 0 Å². The molecule has 2 aromatic rings. The standard InChI is InChI=1S/C16H20N4O2/c1-20-11-6-10(7-12(20)9-22-8-11)17-16(21)15-13-4-2-3-5-14(13)18-19-15/h2-5,10-12H,6-9H2,1H3,(H,17,21)(H,18,19)/t10?,11-,12+.